The Labute approximate surface area is 144 Å². The van der Waals surface area contributed by atoms with E-state index in [1.165, 1.54) is 5.56 Å². The van der Waals surface area contributed by atoms with Gasteiger partial charge in [-0.25, -0.2) is 0 Å². The first-order valence-corrected chi connectivity index (χ1v) is 8.54. The number of fused-ring (bicyclic) bond motifs is 1. The molecule has 0 bridgehead atoms. The van der Waals surface area contributed by atoms with E-state index in [1.54, 1.807) is 0 Å². The molecule has 1 N–H and O–H groups in total. The van der Waals surface area contributed by atoms with E-state index in [0.717, 1.165) is 48.4 Å². The molecule has 0 radical (unpaired) electrons. The predicted molar refractivity (Wildman–Crippen MR) is 88.8 cm³/mol. The number of hydrogen-bond acceptors (Lipinski definition) is 5. The summed E-state index contributed by atoms with van der Waals surface area (Å²) in [6, 6.07) is 4.35. The molecule has 7 heteroatoms. The van der Waals surface area contributed by atoms with Crippen LogP contribution in [0.5, 0.6) is 11.5 Å². The van der Waals surface area contributed by atoms with Crippen LogP contribution in [-0.2, 0) is 11.3 Å². The van der Waals surface area contributed by atoms with Gasteiger partial charge in [0.05, 0.1) is 6.54 Å². The molecule has 1 saturated heterocycles. The number of ether oxygens (including phenoxy) is 2. The smallest absolute Gasteiger partial charge is 0.317 e. The number of piperidine rings is 1. The van der Waals surface area contributed by atoms with Gasteiger partial charge in [0.2, 0.25) is 6.79 Å². The lowest BCUT2D eigenvalue weighted by Crippen LogP contribution is -2.44. The van der Waals surface area contributed by atoms with Crippen molar-refractivity contribution in [2.24, 2.45) is 0 Å². The minimum absolute atomic E-state index is 0.109. The second-order valence-corrected chi connectivity index (χ2v) is 6.97. The highest BCUT2D eigenvalue weighted by molar-refractivity contribution is 9.10. The van der Waals surface area contributed by atoms with E-state index < -0.39 is 5.97 Å². The van der Waals surface area contributed by atoms with Gasteiger partial charge < -0.3 is 14.6 Å². The molecule has 2 aliphatic rings. The fourth-order valence-corrected chi connectivity index (χ4v) is 3.63. The van der Waals surface area contributed by atoms with Crippen molar-refractivity contribution in [3.05, 3.63) is 22.2 Å². The van der Waals surface area contributed by atoms with Crippen LogP contribution in [-0.4, -0.2) is 60.4 Å². The number of carboxylic acids is 1. The summed E-state index contributed by atoms with van der Waals surface area (Å²) in [4.78, 5) is 15.1. The second-order valence-electron chi connectivity index (χ2n) is 6.11. The van der Waals surface area contributed by atoms with Gasteiger partial charge >= 0.3 is 5.97 Å². The van der Waals surface area contributed by atoms with Crippen molar-refractivity contribution < 1.29 is 19.4 Å². The van der Waals surface area contributed by atoms with Crippen LogP contribution in [0.15, 0.2) is 16.6 Å². The maximum atomic E-state index is 10.8. The molecule has 126 valence electrons. The highest BCUT2D eigenvalue weighted by atomic mass is 79.9. The van der Waals surface area contributed by atoms with Crippen molar-refractivity contribution in [3.8, 4) is 11.5 Å². The van der Waals surface area contributed by atoms with E-state index in [1.807, 2.05) is 24.1 Å². The average Bonchev–Trinajstić information content (AvgIpc) is 2.94. The monoisotopic (exact) mass is 384 g/mol. The molecule has 0 aromatic heterocycles. The minimum atomic E-state index is -0.765. The van der Waals surface area contributed by atoms with Gasteiger partial charge in [-0.2, -0.15) is 0 Å². The van der Waals surface area contributed by atoms with Crippen LogP contribution >= 0.6 is 15.9 Å². The van der Waals surface area contributed by atoms with Crippen molar-refractivity contribution in [3.63, 3.8) is 0 Å². The molecule has 0 saturated carbocycles. The molecule has 1 aromatic carbocycles. The number of nitrogens with zero attached hydrogens (tertiary/aromatic N) is 2. The van der Waals surface area contributed by atoms with Gasteiger partial charge in [0.15, 0.2) is 11.5 Å². The number of likely N-dealkylation sites (tertiary alicyclic amines) is 1. The molecular formula is C16H21BrN2O4. The first kappa shape index (κ1) is 16.5. The molecule has 0 aliphatic carbocycles. The molecule has 2 aliphatic heterocycles. The van der Waals surface area contributed by atoms with E-state index in [0.29, 0.717) is 6.04 Å². The van der Waals surface area contributed by atoms with Gasteiger partial charge in [-0.3, -0.25) is 14.6 Å². The van der Waals surface area contributed by atoms with Gasteiger partial charge in [-0.1, -0.05) is 15.9 Å². The molecule has 1 fully saturated rings. The zero-order chi connectivity index (χ0) is 16.4. The standard InChI is InChI=1S/C16H21BrN2O4/c1-18(9-16(20)21)12-2-4-19(5-3-12)8-11-6-14-15(7-13(11)17)23-10-22-14/h6-7,12H,2-5,8-10H2,1H3,(H,20,21). The predicted octanol–water partition coefficient (Wildman–Crippen LogP) is 2.16. The molecule has 23 heavy (non-hydrogen) atoms. The normalized spacial score (nSPS) is 18.6. The third-order valence-electron chi connectivity index (χ3n) is 4.50. The maximum absolute atomic E-state index is 10.8. The summed E-state index contributed by atoms with van der Waals surface area (Å²) < 4.78 is 11.9. The van der Waals surface area contributed by atoms with Crippen LogP contribution in [0, 0.1) is 0 Å². The molecule has 0 unspecified atom stereocenters. The summed E-state index contributed by atoms with van der Waals surface area (Å²) in [5, 5.41) is 8.89. The highest BCUT2D eigenvalue weighted by Gasteiger charge is 2.24. The summed E-state index contributed by atoms with van der Waals surface area (Å²) in [5.74, 6) is 0.827. The number of hydrogen-bond donors (Lipinski definition) is 1. The number of halogens is 1. The van der Waals surface area contributed by atoms with Gasteiger partial charge in [-0.15, -0.1) is 0 Å². The second kappa shape index (κ2) is 7.07. The van der Waals surface area contributed by atoms with Crippen LogP contribution in [0.4, 0.5) is 0 Å². The quantitative estimate of drug-likeness (QED) is 0.838. The van der Waals surface area contributed by atoms with Gasteiger partial charge in [0.1, 0.15) is 0 Å². The number of aliphatic carboxylic acids is 1. The summed E-state index contributed by atoms with van der Waals surface area (Å²) in [6.07, 6.45) is 1.98. The fourth-order valence-electron chi connectivity index (χ4n) is 3.18. The average molecular weight is 385 g/mol. The third-order valence-corrected chi connectivity index (χ3v) is 5.24. The number of benzene rings is 1. The van der Waals surface area contributed by atoms with E-state index in [-0.39, 0.29) is 13.3 Å². The Morgan fingerprint density at radius 3 is 2.65 bits per heavy atom. The molecule has 1 aromatic rings. The SMILES string of the molecule is CN(CC(=O)O)C1CCN(Cc2cc3c(cc2Br)OCO3)CC1. The molecule has 2 heterocycles. The molecule has 3 rings (SSSR count). The molecule has 0 spiro atoms. The van der Waals surface area contributed by atoms with Crippen LogP contribution in [0.1, 0.15) is 18.4 Å². The van der Waals surface area contributed by atoms with E-state index >= 15 is 0 Å². The number of carbonyl (C=O) groups is 1. The first-order chi connectivity index (χ1) is 11.0. The zero-order valence-electron chi connectivity index (χ0n) is 13.1. The fraction of sp³-hybridized carbons (Fsp3) is 0.562. The van der Waals surface area contributed by atoms with Gasteiger partial charge in [0, 0.05) is 17.1 Å². The molecule has 0 amide bonds. The van der Waals surface area contributed by atoms with Crippen molar-refractivity contribution in [2.75, 3.05) is 33.5 Å². The summed E-state index contributed by atoms with van der Waals surface area (Å²) >= 11 is 3.60. The van der Waals surface area contributed by atoms with Crippen molar-refractivity contribution in [1.29, 1.82) is 0 Å². The highest BCUT2D eigenvalue weighted by Crippen LogP contribution is 2.37. The topological polar surface area (TPSA) is 62.2 Å². The van der Waals surface area contributed by atoms with Crippen molar-refractivity contribution in [1.82, 2.24) is 9.80 Å². The lowest BCUT2D eigenvalue weighted by molar-refractivity contribution is -0.138. The molecule has 0 atom stereocenters. The largest absolute Gasteiger partial charge is 0.480 e. The summed E-state index contributed by atoms with van der Waals surface area (Å²) in [7, 11) is 1.89. The summed E-state index contributed by atoms with van der Waals surface area (Å²) in [6.45, 7) is 3.18. The lowest BCUT2D eigenvalue weighted by Gasteiger charge is -2.36. The maximum Gasteiger partial charge on any atom is 0.317 e. The van der Waals surface area contributed by atoms with E-state index in [4.69, 9.17) is 14.6 Å². The minimum Gasteiger partial charge on any atom is -0.480 e. The Morgan fingerprint density at radius 1 is 1.35 bits per heavy atom. The van der Waals surface area contributed by atoms with E-state index in [9.17, 15) is 4.79 Å². The van der Waals surface area contributed by atoms with Crippen LogP contribution in [0.3, 0.4) is 0 Å². The van der Waals surface area contributed by atoms with Crippen molar-refractivity contribution >= 4 is 21.9 Å². The first-order valence-electron chi connectivity index (χ1n) is 7.75. The summed E-state index contributed by atoms with van der Waals surface area (Å²) in [5.41, 5.74) is 1.19. The van der Waals surface area contributed by atoms with Gasteiger partial charge in [0.25, 0.3) is 0 Å². The van der Waals surface area contributed by atoms with Crippen LogP contribution in [0.2, 0.25) is 0 Å². The van der Waals surface area contributed by atoms with Crippen LogP contribution < -0.4 is 9.47 Å². The zero-order valence-corrected chi connectivity index (χ0v) is 14.7. The third kappa shape index (κ3) is 3.97. The Morgan fingerprint density at radius 2 is 2.00 bits per heavy atom. The Balaban J connectivity index is 1.56. The molecule has 6 nitrogen and oxygen atoms in total. The van der Waals surface area contributed by atoms with Crippen LogP contribution in [0.25, 0.3) is 0 Å². The lowest BCUT2D eigenvalue weighted by atomic mass is 10.0. The van der Waals surface area contributed by atoms with Crippen molar-refractivity contribution in [2.45, 2.75) is 25.4 Å². The number of rotatable bonds is 5. The number of carboxylic acid groups (broad SMARTS) is 1. The molecular weight excluding hydrogens is 364 g/mol. The Hall–Kier alpha value is -1.31. The van der Waals surface area contributed by atoms with Gasteiger partial charge in [-0.05, 0) is 50.7 Å². The number of likely N-dealkylation sites (N-methyl/N-ethyl adjacent to an activating group) is 1. The Kier molecular flexibility index (Phi) is 5.08. The Bertz CT molecular complexity index is 588. The van der Waals surface area contributed by atoms with E-state index in [2.05, 4.69) is 20.8 Å².